The van der Waals surface area contributed by atoms with Gasteiger partial charge in [0.15, 0.2) is 5.65 Å². The number of hydrogen-bond acceptors (Lipinski definition) is 4. The highest BCUT2D eigenvalue weighted by atomic mass is 32.1. The minimum absolute atomic E-state index is 0.0391. The first kappa shape index (κ1) is 11.5. The molecule has 0 aliphatic heterocycles. The van der Waals surface area contributed by atoms with E-state index in [9.17, 15) is 0 Å². The highest BCUT2D eigenvalue weighted by molar-refractivity contribution is 7.16. The summed E-state index contributed by atoms with van der Waals surface area (Å²) < 4.78 is 1.12. The summed E-state index contributed by atoms with van der Waals surface area (Å²) in [5.74, 6) is 1.23. The van der Waals surface area contributed by atoms with E-state index in [1.807, 2.05) is 5.51 Å². The van der Waals surface area contributed by atoms with Gasteiger partial charge in [0.2, 0.25) is 0 Å². The third kappa shape index (κ3) is 1.94. The van der Waals surface area contributed by atoms with E-state index in [2.05, 4.69) is 44.6 Å². The molecule has 0 aliphatic carbocycles. The molecule has 0 aromatic carbocycles. The van der Waals surface area contributed by atoms with Gasteiger partial charge in [-0.05, 0) is 0 Å². The number of thiazole rings is 1. The maximum absolute atomic E-state index is 4.70. The molecule has 0 aliphatic rings. The lowest BCUT2D eigenvalue weighted by Gasteiger charge is -2.19. The van der Waals surface area contributed by atoms with E-state index in [0.717, 1.165) is 21.9 Å². The Morgan fingerprint density at radius 1 is 1.19 bits per heavy atom. The standard InChI is InChI=1S/C12H17N3S/c1-7(2)10-14-9(12(3,4)5)8-11(15-10)13-6-16-8/h6-7H,1-5H3. The molecule has 0 spiro atoms. The highest BCUT2D eigenvalue weighted by Gasteiger charge is 2.22. The molecular weight excluding hydrogens is 218 g/mol. The van der Waals surface area contributed by atoms with Crippen molar-refractivity contribution in [1.29, 1.82) is 0 Å². The van der Waals surface area contributed by atoms with Gasteiger partial charge in [-0.25, -0.2) is 15.0 Å². The van der Waals surface area contributed by atoms with Crippen molar-refractivity contribution in [2.75, 3.05) is 0 Å². The van der Waals surface area contributed by atoms with Crippen LogP contribution in [0.25, 0.3) is 10.3 Å². The van der Waals surface area contributed by atoms with Gasteiger partial charge in [-0.15, -0.1) is 11.3 Å². The maximum atomic E-state index is 4.70. The lowest BCUT2D eigenvalue weighted by molar-refractivity contribution is 0.567. The summed E-state index contributed by atoms with van der Waals surface area (Å²) in [6, 6.07) is 0. The molecule has 0 unspecified atom stereocenters. The molecule has 4 heteroatoms. The molecule has 0 saturated carbocycles. The Morgan fingerprint density at radius 2 is 1.88 bits per heavy atom. The fourth-order valence-corrected chi connectivity index (χ4v) is 2.47. The summed E-state index contributed by atoms with van der Waals surface area (Å²) in [6.07, 6.45) is 0. The van der Waals surface area contributed by atoms with Gasteiger partial charge < -0.3 is 0 Å². The predicted octanol–water partition coefficient (Wildman–Crippen LogP) is 3.51. The van der Waals surface area contributed by atoms with Crippen LogP contribution in [0.1, 0.15) is 52.1 Å². The van der Waals surface area contributed by atoms with Crippen LogP contribution >= 0.6 is 11.3 Å². The number of aromatic nitrogens is 3. The van der Waals surface area contributed by atoms with Gasteiger partial charge in [0.25, 0.3) is 0 Å². The summed E-state index contributed by atoms with van der Waals surface area (Å²) in [7, 11) is 0. The van der Waals surface area contributed by atoms with Crippen molar-refractivity contribution in [2.24, 2.45) is 0 Å². The molecule has 86 valence electrons. The quantitative estimate of drug-likeness (QED) is 0.759. The average molecular weight is 235 g/mol. The van der Waals surface area contributed by atoms with Crippen molar-refractivity contribution in [3.63, 3.8) is 0 Å². The molecule has 16 heavy (non-hydrogen) atoms. The zero-order chi connectivity index (χ0) is 11.9. The van der Waals surface area contributed by atoms with Crippen LogP contribution < -0.4 is 0 Å². The fourth-order valence-electron chi connectivity index (χ4n) is 1.55. The zero-order valence-electron chi connectivity index (χ0n) is 10.4. The van der Waals surface area contributed by atoms with Crippen LogP contribution in [0.2, 0.25) is 0 Å². The Balaban J connectivity index is 2.74. The van der Waals surface area contributed by atoms with Crippen LogP contribution in [0.15, 0.2) is 5.51 Å². The topological polar surface area (TPSA) is 38.7 Å². The lowest BCUT2D eigenvalue weighted by Crippen LogP contribution is -2.16. The first-order valence-corrected chi connectivity index (χ1v) is 6.39. The first-order valence-electron chi connectivity index (χ1n) is 5.51. The molecular formula is C12H17N3S. The van der Waals surface area contributed by atoms with Crippen molar-refractivity contribution >= 4 is 21.7 Å². The normalized spacial score (nSPS) is 12.6. The number of hydrogen-bond donors (Lipinski definition) is 0. The molecule has 0 fully saturated rings. The van der Waals surface area contributed by atoms with E-state index >= 15 is 0 Å². The van der Waals surface area contributed by atoms with Gasteiger partial charge in [0.1, 0.15) is 5.82 Å². The summed E-state index contributed by atoms with van der Waals surface area (Å²) in [4.78, 5) is 13.5. The molecule has 0 amide bonds. The van der Waals surface area contributed by atoms with Crippen molar-refractivity contribution in [3.05, 3.63) is 17.0 Å². The maximum Gasteiger partial charge on any atom is 0.174 e. The highest BCUT2D eigenvalue weighted by Crippen LogP contribution is 2.30. The number of nitrogens with zero attached hydrogens (tertiary/aromatic N) is 3. The molecule has 3 nitrogen and oxygen atoms in total. The average Bonchev–Trinajstić information content (AvgIpc) is 2.61. The summed E-state index contributed by atoms with van der Waals surface area (Å²) in [6.45, 7) is 10.8. The van der Waals surface area contributed by atoms with E-state index in [1.165, 1.54) is 0 Å². The summed E-state index contributed by atoms with van der Waals surface area (Å²) in [5.41, 5.74) is 3.84. The third-order valence-electron chi connectivity index (χ3n) is 2.44. The smallest absolute Gasteiger partial charge is 0.174 e. The van der Waals surface area contributed by atoms with Gasteiger partial charge in [-0.3, -0.25) is 0 Å². The minimum atomic E-state index is 0.0391. The van der Waals surface area contributed by atoms with Crippen LogP contribution in [0.3, 0.4) is 0 Å². The Bertz CT molecular complexity index is 508. The second kappa shape index (κ2) is 3.77. The minimum Gasteiger partial charge on any atom is -0.235 e. The molecule has 0 N–H and O–H groups in total. The number of rotatable bonds is 1. The van der Waals surface area contributed by atoms with Crippen LogP contribution in [0.5, 0.6) is 0 Å². The van der Waals surface area contributed by atoms with Crippen molar-refractivity contribution in [3.8, 4) is 0 Å². The monoisotopic (exact) mass is 235 g/mol. The first-order chi connectivity index (χ1) is 7.39. The molecule has 2 aromatic rings. The fraction of sp³-hybridized carbons (Fsp3) is 0.583. The largest absolute Gasteiger partial charge is 0.235 e. The van der Waals surface area contributed by atoms with Crippen molar-refractivity contribution < 1.29 is 0 Å². The van der Waals surface area contributed by atoms with Crippen molar-refractivity contribution in [1.82, 2.24) is 15.0 Å². The van der Waals surface area contributed by atoms with E-state index < -0.39 is 0 Å². The second-order valence-corrected chi connectivity index (χ2v) is 6.19. The molecule has 0 atom stereocenters. The van der Waals surface area contributed by atoms with Gasteiger partial charge in [-0.1, -0.05) is 34.6 Å². The van der Waals surface area contributed by atoms with Gasteiger partial charge in [0, 0.05) is 11.3 Å². The molecule has 0 bridgehead atoms. The van der Waals surface area contributed by atoms with Crippen LogP contribution in [-0.4, -0.2) is 15.0 Å². The molecule has 0 radical (unpaired) electrons. The van der Waals surface area contributed by atoms with E-state index in [4.69, 9.17) is 4.98 Å². The van der Waals surface area contributed by atoms with Gasteiger partial charge in [0.05, 0.1) is 15.9 Å². The van der Waals surface area contributed by atoms with Crippen LogP contribution in [0, 0.1) is 0 Å². The van der Waals surface area contributed by atoms with E-state index in [-0.39, 0.29) is 5.41 Å². The van der Waals surface area contributed by atoms with Crippen molar-refractivity contribution in [2.45, 2.75) is 46.0 Å². The second-order valence-electron chi connectivity index (χ2n) is 5.34. The molecule has 2 rings (SSSR count). The Morgan fingerprint density at radius 3 is 2.44 bits per heavy atom. The molecule has 2 heterocycles. The number of fused-ring (bicyclic) bond motifs is 1. The lowest BCUT2D eigenvalue weighted by atomic mass is 9.91. The Hall–Kier alpha value is -1.03. The SMILES string of the molecule is CC(C)c1nc(C(C)(C)C)c2scnc2n1. The predicted molar refractivity (Wildman–Crippen MR) is 68.0 cm³/mol. The summed E-state index contributed by atoms with van der Waals surface area (Å²) in [5, 5.41) is 0. The van der Waals surface area contributed by atoms with E-state index in [0.29, 0.717) is 5.92 Å². The van der Waals surface area contributed by atoms with Gasteiger partial charge in [-0.2, -0.15) is 0 Å². The van der Waals surface area contributed by atoms with E-state index in [1.54, 1.807) is 11.3 Å². The van der Waals surface area contributed by atoms with Crippen LogP contribution in [0.4, 0.5) is 0 Å². The van der Waals surface area contributed by atoms with Crippen LogP contribution in [-0.2, 0) is 5.41 Å². The van der Waals surface area contributed by atoms with Gasteiger partial charge >= 0.3 is 0 Å². The molecule has 2 aromatic heterocycles. The third-order valence-corrected chi connectivity index (χ3v) is 3.26. The molecule has 0 saturated heterocycles. The summed E-state index contributed by atoms with van der Waals surface area (Å²) >= 11 is 1.63. The Labute approximate surface area is 100.0 Å². The zero-order valence-corrected chi connectivity index (χ0v) is 11.2. The Kier molecular flexibility index (Phi) is 2.70.